The van der Waals surface area contributed by atoms with Gasteiger partial charge in [-0.3, -0.25) is 13.9 Å². The zero-order chi connectivity index (χ0) is 22.0. The van der Waals surface area contributed by atoms with Crippen LogP contribution in [0.25, 0.3) is 22.4 Å². The van der Waals surface area contributed by atoms with E-state index in [4.69, 9.17) is 9.47 Å². The van der Waals surface area contributed by atoms with Crippen LogP contribution >= 0.6 is 0 Å². The van der Waals surface area contributed by atoms with Crippen molar-refractivity contribution >= 4 is 11.0 Å². The first-order valence-electron chi connectivity index (χ1n) is 9.83. The highest BCUT2D eigenvalue weighted by atomic mass is 16.5. The largest absolute Gasteiger partial charge is 0.497 e. The molecule has 31 heavy (non-hydrogen) atoms. The fraction of sp³-hybridized carbons (Fsp3) is 0.217. The number of methoxy groups -OCH3 is 2. The van der Waals surface area contributed by atoms with Gasteiger partial charge in [0.05, 0.1) is 20.8 Å². The molecule has 158 valence electrons. The molecule has 4 rings (SSSR count). The van der Waals surface area contributed by atoms with Crippen LogP contribution in [0, 0.1) is 0 Å². The predicted octanol–water partition coefficient (Wildman–Crippen LogP) is 2.71. The average Bonchev–Trinajstić information content (AvgIpc) is 2.82. The first-order valence-corrected chi connectivity index (χ1v) is 9.83. The van der Waals surface area contributed by atoms with Crippen molar-refractivity contribution in [2.75, 3.05) is 14.2 Å². The van der Waals surface area contributed by atoms with Crippen molar-refractivity contribution in [3.05, 3.63) is 81.1 Å². The minimum atomic E-state index is -0.422. The van der Waals surface area contributed by atoms with Crippen LogP contribution in [0.2, 0.25) is 0 Å². The molecule has 0 saturated carbocycles. The Morgan fingerprint density at radius 3 is 2.35 bits per heavy atom. The number of fused-ring (bicyclic) bond motifs is 1. The van der Waals surface area contributed by atoms with E-state index in [2.05, 4.69) is 9.97 Å². The maximum Gasteiger partial charge on any atom is 0.332 e. The van der Waals surface area contributed by atoms with Gasteiger partial charge in [-0.25, -0.2) is 14.8 Å². The van der Waals surface area contributed by atoms with Gasteiger partial charge in [-0.1, -0.05) is 12.1 Å². The Bertz CT molecular complexity index is 1360. The monoisotopic (exact) mass is 418 g/mol. The molecule has 0 aliphatic heterocycles. The lowest BCUT2D eigenvalue weighted by Gasteiger charge is -2.13. The summed E-state index contributed by atoms with van der Waals surface area (Å²) in [7, 11) is 3.17. The van der Waals surface area contributed by atoms with Crippen molar-refractivity contribution in [2.45, 2.75) is 20.0 Å². The molecule has 2 aromatic carbocycles. The van der Waals surface area contributed by atoms with E-state index < -0.39 is 11.2 Å². The Hall–Kier alpha value is -3.94. The van der Waals surface area contributed by atoms with Crippen LogP contribution in [0.1, 0.15) is 12.5 Å². The molecule has 0 bridgehead atoms. The summed E-state index contributed by atoms with van der Waals surface area (Å²) in [6, 6.07) is 14.6. The van der Waals surface area contributed by atoms with Crippen LogP contribution in [0.5, 0.6) is 11.5 Å². The second-order valence-corrected chi connectivity index (χ2v) is 6.93. The summed E-state index contributed by atoms with van der Waals surface area (Å²) in [5, 5.41) is 0.293. The highest BCUT2D eigenvalue weighted by molar-refractivity contribution is 5.75. The third-order valence-corrected chi connectivity index (χ3v) is 5.10. The van der Waals surface area contributed by atoms with E-state index >= 15 is 0 Å². The number of rotatable bonds is 6. The van der Waals surface area contributed by atoms with Crippen LogP contribution in [0.4, 0.5) is 0 Å². The summed E-state index contributed by atoms with van der Waals surface area (Å²) in [6.45, 7) is 2.34. The zero-order valence-corrected chi connectivity index (χ0v) is 17.5. The van der Waals surface area contributed by atoms with Gasteiger partial charge in [-0.2, -0.15) is 0 Å². The van der Waals surface area contributed by atoms with E-state index in [1.807, 2.05) is 49.4 Å². The Morgan fingerprint density at radius 1 is 0.935 bits per heavy atom. The lowest BCUT2D eigenvalue weighted by molar-refractivity contribution is 0.414. The Morgan fingerprint density at radius 2 is 1.68 bits per heavy atom. The summed E-state index contributed by atoms with van der Waals surface area (Å²) in [5.41, 5.74) is 1.03. The number of hydrogen-bond donors (Lipinski definition) is 0. The molecule has 8 heteroatoms. The third-order valence-electron chi connectivity index (χ3n) is 5.10. The fourth-order valence-electron chi connectivity index (χ4n) is 3.46. The second-order valence-electron chi connectivity index (χ2n) is 6.93. The van der Waals surface area contributed by atoms with Crippen LogP contribution in [0.3, 0.4) is 0 Å². The molecule has 0 radical (unpaired) electrons. The summed E-state index contributed by atoms with van der Waals surface area (Å²) < 4.78 is 13.1. The molecule has 0 saturated heterocycles. The number of ether oxygens (including phenoxy) is 2. The Kier molecular flexibility index (Phi) is 5.53. The van der Waals surface area contributed by atoms with Gasteiger partial charge in [-0.05, 0) is 48.9 Å². The molecule has 0 atom stereocenters. The van der Waals surface area contributed by atoms with E-state index in [9.17, 15) is 9.59 Å². The molecule has 8 nitrogen and oxygen atoms in total. The van der Waals surface area contributed by atoms with Crippen molar-refractivity contribution < 1.29 is 9.47 Å². The van der Waals surface area contributed by atoms with E-state index in [0.29, 0.717) is 29.2 Å². The molecular weight excluding hydrogens is 396 g/mol. The number of benzene rings is 2. The Labute approximate surface area is 178 Å². The third kappa shape index (κ3) is 3.79. The summed E-state index contributed by atoms with van der Waals surface area (Å²) >= 11 is 0. The molecule has 0 unspecified atom stereocenters. The molecule has 0 N–H and O–H groups in total. The van der Waals surface area contributed by atoms with Gasteiger partial charge in [0.1, 0.15) is 16.9 Å². The van der Waals surface area contributed by atoms with Gasteiger partial charge in [-0.15, -0.1) is 0 Å². The number of aromatic nitrogens is 4. The topological polar surface area (TPSA) is 88.2 Å². The number of aryl methyl sites for hydroxylation is 1. The molecule has 0 fully saturated rings. The zero-order valence-electron chi connectivity index (χ0n) is 17.5. The van der Waals surface area contributed by atoms with Gasteiger partial charge in [0.2, 0.25) is 0 Å². The summed E-state index contributed by atoms with van der Waals surface area (Å²) in [5.74, 6) is 1.81. The van der Waals surface area contributed by atoms with Gasteiger partial charge < -0.3 is 9.47 Å². The predicted molar refractivity (Wildman–Crippen MR) is 118 cm³/mol. The molecule has 2 heterocycles. The van der Waals surface area contributed by atoms with Crippen LogP contribution in [-0.4, -0.2) is 33.3 Å². The van der Waals surface area contributed by atoms with Crippen LogP contribution < -0.4 is 20.7 Å². The molecule has 0 amide bonds. The fourth-order valence-corrected chi connectivity index (χ4v) is 3.46. The highest BCUT2D eigenvalue weighted by Crippen LogP contribution is 2.20. The van der Waals surface area contributed by atoms with Gasteiger partial charge >= 0.3 is 5.69 Å². The molecule has 0 aliphatic rings. The van der Waals surface area contributed by atoms with E-state index in [1.165, 1.54) is 15.3 Å². The minimum Gasteiger partial charge on any atom is -0.497 e. The standard InChI is InChI=1S/C23H22N4O4/c1-4-26-21-19(13-24-20(25-21)16-8-10-17(30-2)11-9-16)22(28)27(23(26)29)14-15-6-5-7-18(12-15)31-3/h5-13H,4,14H2,1-3H3. The van der Waals surface area contributed by atoms with Crippen LogP contribution in [0.15, 0.2) is 64.3 Å². The van der Waals surface area contributed by atoms with Gasteiger partial charge in [0.15, 0.2) is 11.5 Å². The lowest BCUT2D eigenvalue weighted by Crippen LogP contribution is -2.40. The van der Waals surface area contributed by atoms with Crippen LogP contribution in [-0.2, 0) is 13.1 Å². The van der Waals surface area contributed by atoms with E-state index in [-0.39, 0.29) is 6.54 Å². The maximum absolute atomic E-state index is 13.1. The quantitative estimate of drug-likeness (QED) is 0.478. The maximum atomic E-state index is 13.1. The highest BCUT2D eigenvalue weighted by Gasteiger charge is 2.16. The molecule has 2 aromatic heterocycles. The first kappa shape index (κ1) is 20.3. The molecular formula is C23H22N4O4. The smallest absolute Gasteiger partial charge is 0.332 e. The molecule has 0 aliphatic carbocycles. The van der Waals surface area contributed by atoms with Crippen molar-refractivity contribution in [3.8, 4) is 22.9 Å². The van der Waals surface area contributed by atoms with Crippen molar-refractivity contribution in [1.82, 2.24) is 19.1 Å². The summed E-state index contributed by atoms with van der Waals surface area (Å²) in [4.78, 5) is 35.2. The number of nitrogens with zero attached hydrogens (tertiary/aromatic N) is 4. The lowest BCUT2D eigenvalue weighted by atomic mass is 10.2. The van der Waals surface area contributed by atoms with Crippen molar-refractivity contribution in [2.24, 2.45) is 0 Å². The van der Waals surface area contributed by atoms with Crippen molar-refractivity contribution in [3.63, 3.8) is 0 Å². The van der Waals surface area contributed by atoms with Crippen molar-refractivity contribution in [1.29, 1.82) is 0 Å². The van der Waals surface area contributed by atoms with Gasteiger partial charge in [0.25, 0.3) is 5.56 Å². The SMILES string of the molecule is CCn1c(=O)n(Cc2cccc(OC)c2)c(=O)c2cnc(-c3ccc(OC)cc3)nc21. The normalized spacial score (nSPS) is 10.9. The summed E-state index contributed by atoms with van der Waals surface area (Å²) in [6.07, 6.45) is 1.48. The number of hydrogen-bond acceptors (Lipinski definition) is 6. The molecule has 0 spiro atoms. The van der Waals surface area contributed by atoms with Gasteiger partial charge in [0, 0.05) is 18.3 Å². The molecule has 4 aromatic rings. The average molecular weight is 418 g/mol. The second kappa shape index (κ2) is 8.43. The van der Waals surface area contributed by atoms with E-state index in [0.717, 1.165) is 16.9 Å². The first-order chi connectivity index (χ1) is 15.0. The minimum absolute atomic E-state index is 0.130. The Balaban J connectivity index is 1.85. The van der Waals surface area contributed by atoms with E-state index in [1.54, 1.807) is 20.3 Å².